The van der Waals surface area contributed by atoms with E-state index in [0.717, 1.165) is 25.7 Å². The van der Waals surface area contributed by atoms with Gasteiger partial charge in [0.2, 0.25) is 0 Å². The Labute approximate surface area is 230 Å². The molecule has 0 spiro atoms. The normalized spacial score (nSPS) is 33.9. The zero-order valence-corrected chi connectivity index (χ0v) is 25.2. The number of hydrazine groups is 1. The summed E-state index contributed by atoms with van der Waals surface area (Å²) >= 11 is 0. The summed E-state index contributed by atoms with van der Waals surface area (Å²) in [4.78, 5) is 25.8. The van der Waals surface area contributed by atoms with Gasteiger partial charge in [0.25, 0.3) is 0 Å². The third-order valence-corrected chi connectivity index (χ3v) is 9.39. The zero-order valence-electron chi connectivity index (χ0n) is 25.2. The number of carbonyl (C=O) groups is 2. The van der Waals surface area contributed by atoms with Gasteiger partial charge in [0.05, 0.1) is 12.8 Å². The fraction of sp³-hybridized carbons (Fsp3) is 0.812. The van der Waals surface area contributed by atoms with Gasteiger partial charge in [-0.3, -0.25) is 20.4 Å². The van der Waals surface area contributed by atoms with Gasteiger partial charge >= 0.3 is 11.9 Å². The van der Waals surface area contributed by atoms with Crippen molar-refractivity contribution < 1.29 is 19.1 Å². The Kier molecular flexibility index (Phi) is 8.28. The number of carbonyl (C=O) groups excluding carboxylic acids is 2. The molecule has 2 fully saturated rings. The van der Waals surface area contributed by atoms with E-state index in [1.54, 1.807) is 0 Å². The first-order chi connectivity index (χ1) is 17.7. The summed E-state index contributed by atoms with van der Waals surface area (Å²) in [6.45, 7) is 17.5. The van der Waals surface area contributed by atoms with Crippen LogP contribution in [0.1, 0.15) is 107 Å². The predicted molar refractivity (Wildman–Crippen MR) is 151 cm³/mol. The van der Waals surface area contributed by atoms with Crippen LogP contribution in [0.15, 0.2) is 23.3 Å². The molecule has 0 aromatic carbocycles. The predicted octanol–water partition coefficient (Wildman–Crippen LogP) is 6.27. The number of allylic oxidation sites excluding steroid dienone is 4. The van der Waals surface area contributed by atoms with Crippen LogP contribution in [-0.4, -0.2) is 36.2 Å². The molecular formula is C32H52N2O4. The first-order valence-electron chi connectivity index (χ1n) is 15.0. The lowest BCUT2D eigenvalue weighted by Gasteiger charge is -2.54. The first-order valence-corrected chi connectivity index (χ1v) is 15.0. The van der Waals surface area contributed by atoms with E-state index in [4.69, 9.17) is 9.47 Å². The van der Waals surface area contributed by atoms with Gasteiger partial charge < -0.3 is 9.47 Å². The molecule has 0 unspecified atom stereocenters. The second-order valence-corrected chi connectivity index (χ2v) is 14.7. The van der Waals surface area contributed by atoms with Crippen LogP contribution in [0.4, 0.5) is 0 Å². The van der Waals surface area contributed by atoms with E-state index in [0.29, 0.717) is 49.6 Å². The first kappa shape index (κ1) is 29.3. The third-order valence-electron chi connectivity index (χ3n) is 9.39. The summed E-state index contributed by atoms with van der Waals surface area (Å²) in [5.74, 6) is 1.93. The summed E-state index contributed by atoms with van der Waals surface area (Å²) in [5.41, 5.74) is 8.91. The second-order valence-electron chi connectivity index (χ2n) is 14.7. The highest BCUT2D eigenvalue weighted by molar-refractivity contribution is 5.72. The van der Waals surface area contributed by atoms with E-state index < -0.39 is 11.2 Å². The van der Waals surface area contributed by atoms with Crippen LogP contribution in [0.5, 0.6) is 0 Å². The van der Waals surface area contributed by atoms with E-state index in [2.05, 4.69) is 36.9 Å². The average molecular weight is 529 g/mol. The molecule has 4 aliphatic carbocycles. The van der Waals surface area contributed by atoms with Gasteiger partial charge in [-0.15, -0.1) is 0 Å². The molecule has 2 saturated carbocycles. The fourth-order valence-electron chi connectivity index (χ4n) is 7.81. The minimum atomic E-state index is -0.478. The van der Waals surface area contributed by atoms with Crippen molar-refractivity contribution >= 4 is 11.9 Å². The van der Waals surface area contributed by atoms with Crippen LogP contribution in [0.3, 0.4) is 0 Å². The Balaban J connectivity index is 1.41. The molecule has 6 atom stereocenters. The van der Waals surface area contributed by atoms with Crippen molar-refractivity contribution in [2.24, 2.45) is 34.5 Å². The van der Waals surface area contributed by atoms with Gasteiger partial charge in [-0.1, -0.05) is 37.1 Å². The van der Waals surface area contributed by atoms with E-state index in [1.807, 2.05) is 41.5 Å². The van der Waals surface area contributed by atoms with Gasteiger partial charge in [0, 0.05) is 23.9 Å². The highest BCUT2D eigenvalue weighted by Gasteiger charge is 2.57. The van der Waals surface area contributed by atoms with Crippen LogP contribution < -0.4 is 10.9 Å². The number of ether oxygens (including phenoxy) is 2. The zero-order chi connectivity index (χ0) is 27.9. The molecule has 0 heterocycles. The van der Waals surface area contributed by atoms with Crippen molar-refractivity contribution in [3.8, 4) is 0 Å². The maximum absolute atomic E-state index is 12.9. The number of hydrogen-bond donors (Lipinski definition) is 2. The second kappa shape index (κ2) is 10.7. The number of hydrogen-bond acceptors (Lipinski definition) is 6. The number of fused-ring (bicyclic) bond motifs is 2. The van der Waals surface area contributed by atoms with Crippen molar-refractivity contribution in [2.45, 2.75) is 118 Å². The molecule has 0 radical (unpaired) electrons. The Morgan fingerprint density at radius 3 is 1.45 bits per heavy atom. The van der Waals surface area contributed by atoms with Gasteiger partial charge in [0.1, 0.15) is 11.2 Å². The van der Waals surface area contributed by atoms with Crippen LogP contribution in [0.25, 0.3) is 0 Å². The fourth-order valence-corrected chi connectivity index (χ4v) is 7.81. The number of rotatable bonds is 11. The standard InChI is InChI=1S/C32H52N2O4/c1-9-21-11-23-15-31(25(23)13-21,17-27(35)37-29(3,4)5)19-33-34-20-32(18-28(36)38-30(6,7)8)16-24-12-22(10-2)14-26(24)32/h13-14,23-26,33-34H,9-12,15-20H2,1-8H3/t23-,24+,25-,26+,31-,32+. The van der Waals surface area contributed by atoms with E-state index in [9.17, 15) is 9.59 Å². The summed E-state index contributed by atoms with van der Waals surface area (Å²) in [6.07, 6.45) is 12.3. The molecule has 38 heavy (non-hydrogen) atoms. The molecule has 214 valence electrons. The van der Waals surface area contributed by atoms with Crippen molar-refractivity contribution in [3.63, 3.8) is 0 Å². The van der Waals surface area contributed by atoms with Crippen LogP contribution in [0, 0.1) is 34.5 Å². The molecule has 0 aromatic rings. The molecule has 6 heteroatoms. The maximum atomic E-state index is 12.9. The lowest BCUT2D eigenvalue weighted by Crippen LogP contribution is -2.58. The molecule has 0 aromatic heterocycles. The Morgan fingerprint density at radius 1 is 0.763 bits per heavy atom. The molecule has 4 rings (SSSR count). The van der Waals surface area contributed by atoms with Gasteiger partial charge in [-0.25, -0.2) is 0 Å². The molecular weight excluding hydrogens is 476 g/mol. The Hall–Kier alpha value is -1.66. The minimum Gasteiger partial charge on any atom is -0.460 e. The van der Waals surface area contributed by atoms with Gasteiger partial charge in [-0.05, 0) is 104 Å². The highest BCUT2D eigenvalue weighted by Crippen LogP contribution is 2.61. The smallest absolute Gasteiger partial charge is 0.306 e. The van der Waals surface area contributed by atoms with E-state index >= 15 is 0 Å². The van der Waals surface area contributed by atoms with Gasteiger partial charge in [0.15, 0.2) is 0 Å². The molecule has 0 amide bonds. The molecule has 0 saturated heterocycles. The lowest BCUT2D eigenvalue weighted by molar-refractivity contribution is -0.164. The summed E-state index contributed by atoms with van der Waals surface area (Å²) in [7, 11) is 0. The van der Waals surface area contributed by atoms with Crippen LogP contribution >= 0.6 is 0 Å². The van der Waals surface area contributed by atoms with Crippen molar-refractivity contribution in [1.82, 2.24) is 10.9 Å². The molecule has 4 aliphatic rings. The maximum Gasteiger partial charge on any atom is 0.306 e. The highest BCUT2D eigenvalue weighted by atomic mass is 16.6. The lowest BCUT2D eigenvalue weighted by atomic mass is 9.53. The van der Waals surface area contributed by atoms with E-state index in [1.165, 1.54) is 24.0 Å². The summed E-state index contributed by atoms with van der Waals surface area (Å²) in [6, 6.07) is 0. The Bertz CT molecular complexity index is 893. The minimum absolute atomic E-state index is 0.109. The number of esters is 2. The summed E-state index contributed by atoms with van der Waals surface area (Å²) < 4.78 is 11.5. The van der Waals surface area contributed by atoms with Gasteiger partial charge in [-0.2, -0.15) is 0 Å². The third kappa shape index (κ3) is 6.38. The molecule has 6 nitrogen and oxygen atoms in total. The SMILES string of the molecule is CCC1=C[C@@H]2[C@H](C1)C[C@]2(CNNC[C@@]1(CC(=O)OC(C)(C)C)C[C@@H]2CC(CC)=C[C@@H]21)CC(=O)OC(C)(C)C. The molecule has 0 aliphatic heterocycles. The Morgan fingerprint density at radius 2 is 1.13 bits per heavy atom. The van der Waals surface area contributed by atoms with Crippen molar-refractivity contribution in [3.05, 3.63) is 23.3 Å². The molecule has 0 bridgehead atoms. The average Bonchev–Trinajstić information content (AvgIpc) is 3.30. The monoisotopic (exact) mass is 528 g/mol. The topological polar surface area (TPSA) is 76.7 Å². The van der Waals surface area contributed by atoms with Crippen LogP contribution in [-0.2, 0) is 19.1 Å². The van der Waals surface area contributed by atoms with Crippen LogP contribution in [0.2, 0.25) is 0 Å². The molecule has 2 N–H and O–H groups in total. The van der Waals surface area contributed by atoms with Crippen molar-refractivity contribution in [1.29, 1.82) is 0 Å². The summed E-state index contributed by atoms with van der Waals surface area (Å²) in [5, 5.41) is 0. The quantitative estimate of drug-likeness (QED) is 0.142. The number of nitrogens with one attached hydrogen (secondary N) is 2. The largest absolute Gasteiger partial charge is 0.460 e. The van der Waals surface area contributed by atoms with Crippen molar-refractivity contribution in [2.75, 3.05) is 13.1 Å². The van der Waals surface area contributed by atoms with E-state index in [-0.39, 0.29) is 22.8 Å².